The lowest BCUT2D eigenvalue weighted by Crippen LogP contribution is -2.35. The third-order valence-corrected chi connectivity index (χ3v) is 3.00. The minimum absolute atomic E-state index is 0.0290. The van der Waals surface area contributed by atoms with E-state index in [0.717, 1.165) is 6.42 Å². The number of amides is 3. The van der Waals surface area contributed by atoms with Crippen LogP contribution in [-0.2, 0) is 4.79 Å². The lowest BCUT2D eigenvalue weighted by molar-refractivity contribution is -0.115. The molecule has 0 aliphatic carbocycles. The second-order valence-corrected chi connectivity index (χ2v) is 4.74. The number of hydrogen-bond acceptors (Lipinski definition) is 5. The molecule has 3 amide bonds. The number of urea groups is 1. The third-order valence-electron chi connectivity index (χ3n) is 3.00. The summed E-state index contributed by atoms with van der Waals surface area (Å²) in [5.74, 6) is 0.185. The SMILES string of the molecule is CC[C@H](C)Oc1ccc(/C=C(/C#N)C(=O)NC(N)=O)cc1OC. The van der Waals surface area contributed by atoms with Crippen LogP contribution in [0.4, 0.5) is 4.79 Å². The highest BCUT2D eigenvalue weighted by molar-refractivity contribution is 6.08. The zero-order chi connectivity index (χ0) is 17.4. The second kappa shape index (κ2) is 8.44. The molecule has 0 spiro atoms. The Hall–Kier alpha value is -3.01. The first-order chi connectivity index (χ1) is 10.9. The maximum atomic E-state index is 11.6. The summed E-state index contributed by atoms with van der Waals surface area (Å²) < 4.78 is 11.0. The molecule has 0 unspecified atom stereocenters. The van der Waals surface area contributed by atoms with Crippen LogP contribution in [0, 0.1) is 11.3 Å². The third kappa shape index (κ3) is 5.36. The topological polar surface area (TPSA) is 114 Å². The number of carbonyl (C=O) groups is 2. The van der Waals surface area contributed by atoms with E-state index in [0.29, 0.717) is 17.1 Å². The zero-order valence-electron chi connectivity index (χ0n) is 13.3. The van der Waals surface area contributed by atoms with Crippen LogP contribution in [0.15, 0.2) is 23.8 Å². The van der Waals surface area contributed by atoms with Crippen LogP contribution in [0.2, 0.25) is 0 Å². The van der Waals surface area contributed by atoms with E-state index in [-0.39, 0.29) is 11.7 Å². The van der Waals surface area contributed by atoms with E-state index in [2.05, 4.69) is 0 Å². The number of hydrogen-bond donors (Lipinski definition) is 2. The van der Waals surface area contributed by atoms with Crippen LogP contribution in [0.5, 0.6) is 11.5 Å². The highest BCUT2D eigenvalue weighted by atomic mass is 16.5. The van der Waals surface area contributed by atoms with E-state index in [1.54, 1.807) is 24.3 Å². The number of benzene rings is 1. The van der Waals surface area contributed by atoms with Gasteiger partial charge < -0.3 is 15.2 Å². The molecule has 1 atom stereocenters. The van der Waals surface area contributed by atoms with Crippen molar-refractivity contribution >= 4 is 18.0 Å². The predicted octanol–water partition coefficient (Wildman–Crippen LogP) is 1.97. The molecular weight excluding hydrogens is 298 g/mol. The van der Waals surface area contributed by atoms with E-state index < -0.39 is 11.9 Å². The van der Waals surface area contributed by atoms with Crippen LogP contribution in [0.3, 0.4) is 0 Å². The molecule has 0 heterocycles. The fourth-order valence-electron chi connectivity index (χ4n) is 1.67. The molecule has 1 rings (SSSR count). The summed E-state index contributed by atoms with van der Waals surface area (Å²) in [5.41, 5.74) is 5.16. The van der Waals surface area contributed by atoms with E-state index in [1.807, 2.05) is 19.2 Å². The van der Waals surface area contributed by atoms with Gasteiger partial charge in [0.25, 0.3) is 5.91 Å². The fraction of sp³-hybridized carbons (Fsp3) is 0.312. The van der Waals surface area contributed by atoms with E-state index in [9.17, 15) is 9.59 Å². The number of rotatable bonds is 6. The molecule has 0 saturated carbocycles. The van der Waals surface area contributed by atoms with Gasteiger partial charge in [0.1, 0.15) is 11.6 Å². The average molecular weight is 317 g/mol. The quantitative estimate of drug-likeness (QED) is 0.615. The van der Waals surface area contributed by atoms with Crippen molar-refractivity contribution in [3.63, 3.8) is 0 Å². The first-order valence-corrected chi connectivity index (χ1v) is 6.98. The Kier molecular flexibility index (Phi) is 6.62. The number of ether oxygens (including phenoxy) is 2. The first kappa shape index (κ1) is 18.0. The molecule has 0 radical (unpaired) electrons. The number of primary amides is 1. The van der Waals surface area contributed by atoms with Gasteiger partial charge in [-0.1, -0.05) is 13.0 Å². The van der Waals surface area contributed by atoms with Crippen LogP contribution >= 0.6 is 0 Å². The molecule has 3 N–H and O–H groups in total. The molecule has 0 aliphatic heterocycles. The van der Waals surface area contributed by atoms with Gasteiger partial charge in [0.15, 0.2) is 11.5 Å². The minimum Gasteiger partial charge on any atom is -0.493 e. The Labute approximate surface area is 134 Å². The Morgan fingerprint density at radius 2 is 2.13 bits per heavy atom. The Balaban J connectivity index is 3.09. The van der Waals surface area contributed by atoms with E-state index in [1.165, 1.54) is 13.2 Å². The summed E-state index contributed by atoms with van der Waals surface area (Å²) in [6, 6.07) is 5.70. The van der Waals surface area contributed by atoms with Gasteiger partial charge in [-0.3, -0.25) is 10.1 Å². The number of methoxy groups -OCH3 is 1. The molecule has 0 saturated heterocycles. The molecule has 1 aromatic rings. The van der Waals surface area contributed by atoms with Gasteiger partial charge in [-0.15, -0.1) is 0 Å². The molecule has 0 aliphatic rings. The lowest BCUT2D eigenvalue weighted by Gasteiger charge is -2.15. The first-order valence-electron chi connectivity index (χ1n) is 6.98. The summed E-state index contributed by atoms with van der Waals surface area (Å²) in [7, 11) is 1.50. The van der Waals surface area contributed by atoms with Crippen LogP contribution in [0.25, 0.3) is 6.08 Å². The molecule has 0 fully saturated rings. The monoisotopic (exact) mass is 317 g/mol. The lowest BCUT2D eigenvalue weighted by atomic mass is 10.1. The molecule has 7 nitrogen and oxygen atoms in total. The van der Waals surface area contributed by atoms with Crippen LogP contribution in [-0.4, -0.2) is 25.2 Å². The highest BCUT2D eigenvalue weighted by Gasteiger charge is 2.13. The molecule has 122 valence electrons. The van der Waals surface area contributed by atoms with E-state index in [4.69, 9.17) is 20.5 Å². The molecule has 0 aromatic heterocycles. The van der Waals surface area contributed by atoms with Crippen molar-refractivity contribution in [3.8, 4) is 17.6 Å². The highest BCUT2D eigenvalue weighted by Crippen LogP contribution is 2.30. The standard InChI is InChI=1S/C16H19N3O4/c1-4-10(2)23-13-6-5-11(8-14(13)22-3)7-12(9-17)15(20)19-16(18)21/h5-8,10H,4H2,1-3H3,(H3,18,19,20,21)/b12-7-/t10-/m0/s1. The number of carbonyl (C=O) groups excluding carboxylic acids is 2. The van der Waals surface area contributed by atoms with Crippen LogP contribution < -0.4 is 20.5 Å². The Morgan fingerprint density at radius 3 is 2.65 bits per heavy atom. The van der Waals surface area contributed by atoms with Crippen molar-refractivity contribution in [3.05, 3.63) is 29.3 Å². The minimum atomic E-state index is -1.02. The zero-order valence-corrected chi connectivity index (χ0v) is 13.3. The summed E-state index contributed by atoms with van der Waals surface area (Å²) in [6.45, 7) is 3.94. The summed E-state index contributed by atoms with van der Waals surface area (Å²) in [5, 5.41) is 10.9. The van der Waals surface area contributed by atoms with Crippen molar-refractivity contribution in [2.24, 2.45) is 5.73 Å². The molecule has 23 heavy (non-hydrogen) atoms. The fourth-order valence-corrected chi connectivity index (χ4v) is 1.67. The number of nitrogens with two attached hydrogens (primary N) is 1. The van der Waals surface area contributed by atoms with Crippen LogP contribution in [0.1, 0.15) is 25.8 Å². The van der Waals surface area contributed by atoms with Gasteiger partial charge in [0.05, 0.1) is 13.2 Å². The number of imide groups is 1. The van der Waals surface area contributed by atoms with Gasteiger partial charge >= 0.3 is 6.03 Å². The predicted molar refractivity (Wildman–Crippen MR) is 84.7 cm³/mol. The molecule has 0 bridgehead atoms. The largest absolute Gasteiger partial charge is 0.493 e. The number of nitriles is 1. The normalized spacial score (nSPS) is 12.0. The number of nitrogens with one attached hydrogen (secondary N) is 1. The van der Waals surface area contributed by atoms with Crippen molar-refractivity contribution in [1.29, 1.82) is 5.26 Å². The average Bonchev–Trinajstić information content (AvgIpc) is 2.52. The number of nitrogens with zero attached hydrogens (tertiary/aromatic N) is 1. The second-order valence-electron chi connectivity index (χ2n) is 4.74. The van der Waals surface area contributed by atoms with Crippen molar-refractivity contribution in [1.82, 2.24) is 5.32 Å². The maximum absolute atomic E-state index is 11.6. The van der Waals surface area contributed by atoms with Gasteiger partial charge in [-0.25, -0.2) is 4.79 Å². The van der Waals surface area contributed by atoms with Gasteiger partial charge in [-0.2, -0.15) is 5.26 Å². The summed E-state index contributed by atoms with van der Waals surface area (Å²) >= 11 is 0. The van der Waals surface area contributed by atoms with Crippen molar-refractivity contribution in [2.45, 2.75) is 26.4 Å². The summed E-state index contributed by atoms with van der Waals surface area (Å²) in [6.07, 6.45) is 2.20. The maximum Gasteiger partial charge on any atom is 0.319 e. The van der Waals surface area contributed by atoms with Gasteiger partial charge in [0.2, 0.25) is 0 Å². The van der Waals surface area contributed by atoms with Crippen molar-refractivity contribution < 1.29 is 19.1 Å². The van der Waals surface area contributed by atoms with Crippen molar-refractivity contribution in [2.75, 3.05) is 7.11 Å². The Bertz CT molecular complexity index is 662. The molecular formula is C16H19N3O4. The van der Waals surface area contributed by atoms with E-state index >= 15 is 0 Å². The van der Waals surface area contributed by atoms with Gasteiger partial charge in [0, 0.05) is 0 Å². The molecule has 1 aromatic carbocycles. The van der Waals surface area contributed by atoms with Gasteiger partial charge in [-0.05, 0) is 37.1 Å². The molecule has 7 heteroatoms. The smallest absolute Gasteiger partial charge is 0.319 e. The summed E-state index contributed by atoms with van der Waals surface area (Å²) in [4.78, 5) is 22.3. The Morgan fingerprint density at radius 1 is 1.43 bits per heavy atom.